The molecule has 0 rings (SSSR count). The Bertz CT molecular complexity index is 129. The van der Waals surface area contributed by atoms with Crippen LogP contribution in [0.15, 0.2) is 0 Å². The first-order valence-corrected chi connectivity index (χ1v) is 5.28. The van der Waals surface area contributed by atoms with Gasteiger partial charge in [-0.05, 0) is 26.2 Å². The van der Waals surface area contributed by atoms with Gasteiger partial charge in [0.15, 0.2) is 0 Å². The first-order chi connectivity index (χ1) is 4.59. The van der Waals surface area contributed by atoms with Crippen molar-refractivity contribution in [2.24, 2.45) is 0 Å². The summed E-state index contributed by atoms with van der Waals surface area (Å²) in [7, 11) is -0.0399. The Kier molecular flexibility index (Phi) is 4.75. The fraction of sp³-hybridized carbons (Fsp3) is 0.778. The van der Waals surface area contributed by atoms with Gasteiger partial charge in [-0.2, -0.15) is 0 Å². The molecule has 10 heavy (non-hydrogen) atoms. The van der Waals surface area contributed by atoms with Gasteiger partial charge in [-0.3, -0.25) is 0 Å². The molecule has 0 aliphatic carbocycles. The van der Waals surface area contributed by atoms with E-state index in [-0.39, 0.29) is 7.92 Å². The summed E-state index contributed by atoms with van der Waals surface area (Å²) in [6, 6.07) is 0. The van der Waals surface area contributed by atoms with Gasteiger partial charge < -0.3 is 0 Å². The molecule has 58 valence electrons. The van der Waals surface area contributed by atoms with Crippen molar-refractivity contribution < 1.29 is 0 Å². The van der Waals surface area contributed by atoms with Gasteiger partial charge in [0.05, 0.1) is 0 Å². The van der Waals surface area contributed by atoms with Gasteiger partial charge in [-0.1, -0.05) is 33.4 Å². The standard InChI is InChI=1S/C9H17P/c1-6-7-10(8(2)3)9(4)5/h8-9H,1-5H3. The molecule has 0 aromatic rings. The molecule has 0 aromatic carbocycles. The first-order valence-electron chi connectivity index (χ1n) is 3.80. The maximum atomic E-state index is 3.30. The maximum absolute atomic E-state index is 3.30. The van der Waals surface area contributed by atoms with Gasteiger partial charge in [-0.15, -0.1) is 5.92 Å². The molecule has 0 aromatic heterocycles. The molecule has 1 heteroatoms. The smallest absolute Gasteiger partial charge is 0.00236 e. The van der Waals surface area contributed by atoms with Crippen molar-refractivity contribution in [1.29, 1.82) is 0 Å². The molecular formula is C9H17P. The number of hydrogen-bond donors (Lipinski definition) is 0. The third-order valence-corrected chi connectivity index (χ3v) is 4.06. The average Bonchev–Trinajstić information content (AvgIpc) is 1.81. The van der Waals surface area contributed by atoms with E-state index in [0.29, 0.717) is 0 Å². The minimum Gasteiger partial charge on any atom is -0.102 e. The first kappa shape index (κ1) is 9.99. The average molecular weight is 156 g/mol. The van der Waals surface area contributed by atoms with Gasteiger partial charge in [0.25, 0.3) is 0 Å². The molecule has 0 saturated heterocycles. The van der Waals surface area contributed by atoms with E-state index in [1.54, 1.807) is 0 Å². The highest BCUT2D eigenvalue weighted by molar-refractivity contribution is 7.64. The monoisotopic (exact) mass is 156 g/mol. The summed E-state index contributed by atoms with van der Waals surface area (Å²) in [4.78, 5) is 0. The van der Waals surface area contributed by atoms with Crippen molar-refractivity contribution in [2.75, 3.05) is 0 Å². The second kappa shape index (κ2) is 4.75. The van der Waals surface area contributed by atoms with Crippen LogP contribution in [-0.2, 0) is 0 Å². The van der Waals surface area contributed by atoms with Gasteiger partial charge in [0, 0.05) is 0 Å². The van der Waals surface area contributed by atoms with E-state index in [4.69, 9.17) is 0 Å². The zero-order chi connectivity index (χ0) is 8.15. The Labute approximate surface area is 66.2 Å². The summed E-state index contributed by atoms with van der Waals surface area (Å²) < 4.78 is 0. The van der Waals surface area contributed by atoms with Crippen molar-refractivity contribution >= 4 is 7.92 Å². The highest BCUT2D eigenvalue weighted by atomic mass is 31.1. The Morgan fingerprint density at radius 3 is 1.50 bits per heavy atom. The lowest BCUT2D eigenvalue weighted by atomic mass is 10.5. The molecule has 0 nitrogen and oxygen atoms in total. The van der Waals surface area contributed by atoms with E-state index in [9.17, 15) is 0 Å². The van der Waals surface area contributed by atoms with Crippen LogP contribution >= 0.6 is 7.92 Å². The molecule has 0 amide bonds. The molecular weight excluding hydrogens is 139 g/mol. The van der Waals surface area contributed by atoms with Crippen LogP contribution < -0.4 is 0 Å². The molecule has 0 unspecified atom stereocenters. The largest absolute Gasteiger partial charge is 0.102 e. The van der Waals surface area contributed by atoms with E-state index in [2.05, 4.69) is 39.3 Å². The molecule has 0 atom stereocenters. The zero-order valence-corrected chi connectivity index (χ0v) is 8.50. The van der Waals surface area contributed by atoms with Crippen molar-refractivity contribution in [2.45, 2.75) is 45.9 Å². The molecule has 0 N–H and O–H groups in total. The van der Waals surface area contributed by atoms with Crippen LogP contribution in [0.1, 0.15) is 34.6 Å². The number of hydrogen-bond acceptors (Lipinski definition) is 0. The zero-order valence-electron chi connectivity index (χ0n) is 7.60. The van der Waals surface area contributed by atoms with E-state index < -0.39 is 0 Å². The van der Waals surface area contributed by atoms with Crippen molar-refractivity contribution in [3.05, 3.63) is 0 Å². The third-order valence-electron chi connectivity index (χ3n) is 1.35. The molecule has 0 spiro atoms. The molecule has 0 saturated carbocycles. The minimum absolute atomic E-state index is 0.0399. The fourth-order valence-electron chi connectivity index (χ4n) is 0.984. The van der Waals surface area contributed by atoms with Crippen molar-refractivity contribution in [3.63, 3.8) is 0 Å². The lowest BCUT2D eigenvalue weighted by Crippen LogP contribution is -2.00. The van der Waals surface area contributed by atoms with Crippen LogP contribution in [0.3, 0.4) is 0 Å². The van der Waals surface area contributed by atoms with Crippen molar-refractivity contribution in [3.8, 4) is 11.6 Å². The number of rotatable bonds is 2. The molecule has 0 bridgehead atoms. The lowest BCUT2D eigenvalue weighted by Gasteiger charge is -2.18. The Balaban J connectivity index is 4.07. The Morgan fingerprint density at radius 1 is 1.00 bits per heavy atom. The lowest BCUT2D eigenvalue weighted by molar-refractivity contribution is 1.02. The van der Waals surface area contributed by atoms with Crippen LogP contribution in [0.25, 0.3) is 0 Å². The minimum atomic E-state index is -0.0399. The van der Waals surface area contributed by atoms with E-state index >= 15 is 0 Å². The molecule has 0 aliphatic rings. The summed E-state index contributed by atoms with van der Waals surface area (Å²) in [5.74, 6) is 3.01. The van der Waals surface area contributed by atoms with Gasteiger partial charge in [0.1, 0.15) is 0 Å². The molecule has 0 heterocycles. The Morgan fingerprint density at radius 2 is 1.40 bits per heavy atom. The quantitative estimate of drug-likeness (QED) is 0.425. The maximum Gasteiger partial charge on any atom is -0.00236 e. The molecule has 0 aliphatic heterocycles. The second-order valence-corrected chi connectivity index (χ2v) is 6.06. The van der Waals surface area contributed by atoms with Crippen LogP contribution in [0, 0.1) is 11.6 Å². The van der Waals surface area contributed by atoms with Gasteiger partial charge >= 0.3 is 0 Å². The fourth-order valence-corrected chi connectivity index (χ4v) is 2.95. The summed E-state index contributed by atoms with van der Waals surface area (Å²) >= 11 is 0. The topological polar surface area (TPSA) is 0 Å². The summed E-state index contributed by atoms with van der Waals surface area (Å²) in [5, 5.41) is 0. The highest BCUT2D eigenvalue weighted by Gasteiger charge is 2.12. The SMILES string of the molecule is CC#CP(C(C)C)C(C)C. The van der Waals surface area contributed by atoms with E-state index in [1.165, 1.54) is 0 Å². The predicted molar refractivity (Wildman–Crippen MR) is 50.6 cm³/mol. The highest BCUT2D eigenvalue weighted by Crippen LogP contribution is 2.44. The molecule has 0 radical (unpaired) electrons. The van der Waals surface area contributed by atoms with Crippen molar-refractivity contribution in [1.82, 2.24) is 0 Å². The van der Waals surface area contributed by atoms with Crippen LogP contribution in [0.5, 0.6) is 0 Å². The molecule has 0 fully saturated rings. The Hall–Kier alpha value is -0.0100. The summed E-state index contributed by atoms with van der Waals surface area (Å²) in [5.41, 5.74) is 4.80. The predicted octanol–water partition coefficient (Wildman–Crippen LogP) is 3.27. The van der Waals surface area contributed by atoms with Crippen LogP contribution in [0.2, 0.25) is 0 Å². The second-order valence-electron chi connectivity index (χ2n) is 2.96. The summed E-state index contributed by atoms with van der Waals surface area (Å²) in [6.07, 6.45) is 0. The van der Waals surface area contributed by atoms with Crippen LogP contribution in [0.4, 0.5) is 0 Å². The third kappa shape index (κ3) is 3.23. The van der Waals surface area contributed by atoms with Crippen LogP contribution in [-0.4, -0.2) is 11.3 Å². The normalized spacial score (nSPS) is 10.4. The van der Waals surface area contributed by atoms with E-state index in [0.717, 1.165) is 11.3 Å². The van der Waals surface area contributed by atoms with Gasteiger partial charge in [-0.25, -0.2) is 0 Å². The van der Waals surface area contributed by atoms with E-state index in [1.807, 2.05) is 6.92 Å². The summed E-state index contributed by atoms with van der Waals surface area (Å²) in [6.45, 7) is 11.0. The van der Waals surface area contributed by atoms with Gasteiger partial charge in [0.2, 0.25) is 0 Å².